The number of anilines is 2. The number of hydrogen-bond donors (Lipinski definition) is 3. The topological polar surface area (TPSA) is 106 Å². The zero-order valence-electron chi connectivity index (χ0n) is 14.0. The number of nitrogens with one attached hydrogen (secondary N) is 1. The molecule has 7 nitrogen and oxygen atoms in total. The fourth-order valence-electron chi connectivity index (χ4n) is 2.01. The molecule has 0 saturated heterocycles. The van der Waals surface area contributed by atoms with Crippen molar-refractivity contribution in [3.8, 4) is 11.5 Å². The van der Waals surface area contributed by atoms with Crippen molar-refractivity contribution in [3.63, 3.8) is 0 Å². The predicted octanol–water partition coefficient (Wildman–Crippen LogP) is 3.31. The lowest BCUT2D eigenvalue weighted by atomic mass is 10.1. The molecule has 0 aliphatic rings. The van der Waals surface area contributed by atoms with E-state index in [1.165, 1.54) is 6.20 Å². The SMILES string of the molecule is CCC(O)CNc1nc(N)ncc1Oc1cc(Br)ncc1C(C)C. The fraction of sp³-hybridized carbons (Fsp3) is 0.438. The first-order valence-electron chi connectivity index (χ1n) is 7.78. The van der Waals surface area contributed by atoms with Crippen molar-refractivity contribution >= 4 is 27.7 Å². The van der Waals surface area contributed by atoms with Crippen molar-refractivity contribution < 1.29 is 9.84 Å². The highest BCUT2D eigenvalue weighted by molar-refractivity contribution is 9.10. The second kappa shape index (κ2) is 8.25. The van der Waals surface area contributed by atoms with E-state index in [9.17, 15) is 5.11 Å². The Balaban J connectivity index is 2.31. The number of aliphatic hydroxyl groups is 1. The molecular formula is C16H22BrN5O2. The first-order chi connectivity index (χ1) is 11.4. The van der Waals surface area contributed by atoms with Gasteiger partial charge in [0, 0.05) is 24.4 Å². The van der Waals surface area contributed by atoms with Crippen LogP contribution in [-0.2, 0) is 0 Å². The third-order valence-electron chi connectivity index (χ3n) is 3.45. The molecule has 8 heteroatoms. The summed E-state index contributed by atoms with van der Waals surface area (Å²) >= 11 is 3.36. The quantitative estimate of drug-likeness (QED) is 0.617. The monoisotopic (exact) mass is 395 g/mol. The number of halogens is 1. The molecule has 0 spiro atoms. The lowest BCUT2D eigenvalue weighted by Crippen LogP contribution is -2.19. The number of aromatic nitrogens is 3. The highest BCUT2D eigenvalue weighted by atomic mass is 79.9. The van der Waals surface area contributed by atoms with E-state index in [0.29, 0.717) is 34.9 Å². The Kier molecular flexibility index (Phi) is 6.33. The Morgan fingerprint density at radius 2 is 2.04 bits per heavy atom. The van der Waals surface area contributed by atoms with E-state index in [4.69, 9.17) is 10.5 Å². The van der Waals surface area contributed by atoms with Crippen LogP contribution in [0, 0.1) is 0 Å². The van der Waals surface area contributed by atoms with Crippen LogP contribution in [0.15, 0.2) is 23.1 Å². The number of hydrogen-bond acceptors (Lipinski definition) is 7. The molecule has 0 aromatic carbocycles. The molecule has 0 aliphatic carbocycles. The van der Waals surface area contributed by atoms with Crippen molar-refractivity contribution in [2.24, 2.45) is 0 Å². The summed E-state index contributed by atoms with van der Waals surface area (Å²) in [4.78, 5) is 12.4. The number of nitrogen functional groups attached to an aromatic ring is 1. The first-order valence-corrected chi connectivity index (χ1v) is 8.57. The van der Waals surface area contributed by atoms with Gasteiger partial charge in [-0.3, -0.25) is 0 Å². The molecule has 0 radical (unpaired) electrons. The van der Waals surface area contributed by atoms with Crippen LogP contribution < -0.4 is 15.8 Å². The fourth-order valence-corrected chi connectivity index (χ4v) is 2.32. The number of pyridine rings is 1. The van der Waals surface area contributed by atoms with Crippen LogP contribution in [0.3, 0.4) is 0 Å². The van der Waals surface area contributed by atoms with Gasteiger partial charge in [0.25, 0.3) is 0 Å². The molecule has 2 aromatic heterocycles. The molecule has 2 rings (SSSR count). The van der Waals surface area contributed by atoms with Crippen molar-refractivity contribution in [2.75, 3.05) is 17.6 Å². The molecule has 0 bridgehead atoms. The maximum absolute atomic E-state index is 9.73. The molecule has 0 aliphatic heterocycles. The van der Waals surface area contributed by atoms with Crippen LogP contribution in [0.25, 0.3) is 0 Å². The van der Waals surface area contributed by atoms with Gasteiger partial charge < -0.3 is 20.9 Å². The van der Waals surface area contributed by atoms with E-state index in [1.54, 1.807) is 12.3 Å². The van der Waals surface area contributed by atoms with Crippen molar-refractivity contribution in [2.45, 2.75) is 39.2 Å². The Bertz CT molecular complexity index is 696. The average molecular weight is 396 g/mol. The Hall–Kier alpha value is -1.93. The van der Waals surface area contributed by atoms with Crippen LogP contribution in [0.2, 0.25) is 0 Å². The number of nitrogens with two attached hydrogens (primary N) is 1. The molecule has 24 heavy (non-hydrogen) atoms. The van der Waals surface area contributed by atoms with E-state index < -0.39 is 6.10 Å². The minimum absolute atomic E-state index is 0.135. The lowest BCUT2D eigenvalue weighted by Gasteiger charge is -2.17. The van der Waals surface area contributed by atoms with Gasteiger partial charge in [-0.1, -0.05) is 20.8 Å². The molecule has 1 unspecified atom stereocenters. The van der Waals surface area contributed by atoms with Gasteiger partial charge in [-0.25, -0.2) is 9.97 Å². The standard InChI is InChI=1S/C16H22BrN5O2/c1-4-10(23)6-20-15-13(8-21-16(18)22-15)24-12-5-14(17)19-7-11(12)9(2)3/h5,7-10,23H,4,6H2,1-3H3,(H3,18,20,21,22). The van der Waals surface area contributed by atoms with Crippen LogP contribution in [-0.4, -0.2) is 32.7 Å². The molecule has 0 amide bonds. The van der Waals surface area contributed by atoms with Gasteiger partial charge in [-0.05, 0) is 28.3 Å². The molecule has 0 saturated carbocycles. The third kappa shape index (κ3) is 4.78. The predicted molar refractivity (Wildman–Crippen MR) is 97.3 cm³/mol. The van der Waals surface area contributed by atoms with Gasteiger partial charge in [0.1, 0.15) is 10.4 Å². The maximum Gasteiger partial charge on any atom is 0.222 e. The third-order valence-corrected chi connectivity index (χ3v) is 3.89. The second-order valence-corrected chi connectivity index (χ2v) is 6.50. The van der Waals surface area contributed by atoms with E-state index in [-0.39, 0.29) is 11.9 Å². The molecule has 1 atom stereocenters. The minimum atomic E-state index is -0.477. The van der Waals surface area contributed by atoms with Gasteiger partial charge in [0.2, 0.25) is 5.95 Å². The van der Waals surface area contributed by atoms with Gasteiger partial charge in [-0.2, -0.15) is 4.98 Å². The van der Waals surface area contributed by atoms with Crippen LogP contribution in [0.4, 0.5) is 11.8 Å². The summed E-state index contributed by atoms with van der Waals surface area (Å²) in [5, 5.41) is 12.8. The molecule has 0 fully saturated rings. The van der Waals surface area contributed by atoms with E-state index >= 15 is 0 Å². The van der Waals surface area contributed by atoms with E-state index in [1.807, 2.05) is 6.92 Å². The number of ether oxygens (including phenoxy) is 1. The summed E-state index contributed by atoms with van der Waals surface area (Å²) in [7, 11) is 0. The molecule has 130 valence electrons. The first kappa shape index (κ1) is 18.4. The summed E-state index contributed by atoms with van der Waals surface area (Å²) in [5.41, 5.74) is 6.63. The summed E-state index contributed by atoms with van der Waals surface area (Å²) in [6.07, 6.45) is 3.45. The summed E-state index contributed by atoms with van der Waals surface area (Å²) in [5.74, 6) is 1.92. The largest absolute Gasteiger partial charge is 0.451 e. The summed E-state index contributed by atoms with van der Waals surface area (Å²) in [6.45, 7) is 6.38. The van der Waals surface area contributed by atoms with Gasteiger partial charge in [0.15, 0.2) is 11.6 Å². The normalized spacial score (nSPS) is 12.2. The molecule has 4 N–H and O–H groups in total. The number of nitrogens with zero attached hydrogens (tertiary/aromatic N) is 3. The Morgan fingerprint density at radius 3 is 2.71 bits per heavy atom. The summed E-state index contributed by atoms with van der Waals surface area (Å²) < 4.78 is 6.68. The van der Waals surface area contributed by atoms with Gasteiger partial charge in [-0.15, -0.1) is 0 Å². The number of aliphatic hydroxyl groups excluding tert-OH is 1. The van der Waals surface area contributed by atoms with Crippen molar-refractivity contribution in [1.29, 1.82) is 0 Å². The van der Waals surface area contributed by atoms with Crippen LogP contribution in [0.5, 0.6) is 11.5 Å². The molecule has 2 aromatic rings. The van der Waals surface area contributed by atoms with Crippen LogP contribution >= 0.6 is 15.9 Å². The highest BCUT2D eigenvalue weighted by Crippen LogP contribution is 2.34. The average Bonchev–Trinajstić information content (AvgIpc) is 2.54. The number of rotatable bonds is 7. The zero-order valence-corrected chi connectivity index (χ0v) is 15.5. The maximum atomic E-state index is 9.73. The summed E-state index contributed by atoms with van der Waals surface area (Å²) in [6, 6.07) is 1.80. The van der Waals surface area contributed by atoms with Crippen molar-refractivity contribution in [1.82, 2.24) is 15.0 Å². The smallest absolute Gasteiger partial charge is 0.222 e. The lowest BCUT2D eigenvalue weighted by molar-refractivity contribution is 0.183. The Labute approximate surface area is 149 Å². The molecular weight excluding hydrogens is 374 g/mol. The zero-order chi connectivity index (χ0) is 17.7. The molecule has 2 heterocycles. The van der Waals surface area contributed by atoms with Crippen molar-refractivity contribution in [3.05, 3.63) is 28.6 Å². The van der Waals surface area contributed by atoms with E-state index in [2.05, 4.69) is 50.0 Å². The highest BCUT2D eigenvalue weighted by Gasteiger charge is 2.15. The van der Waals surface area contributed by atoms with E-state index in [0.717, 1.165) is 5.56 Å². The minimum Gasteiger partial charge on any atom is -0.451 e. The second-order valence-electron chi connectivity index (χ2n) is 5.69. The van der Waals surface area contributed by atoms with Gasteiger partial charge in [0.05, 0.1) is 12.3 Å². The Morgan fingerprint density at radius 1 is 1.29 bits per heavy atom. The van der Waals surface area contributed by atoms with Gasteiger partial charge >= 0.3 is 0 Å². The van der Waals surface area contributed by atoms with Crippen LogP contribution in [0.1, 0.15) is 38.7 Å².